The second-order valence-corrected chi connectivity index (χ2v) is 2.76. The number of carbonyl (C=O) groups is 1. The van der Waals surface area contributed by atoms with E-state index in [4.69, 9.17) is 15.3 Å². The molecule has 0 fully saturated rings. The van der Waals surface area contributed by atoms with Gasteiger partial charge in [-0.2, -0.15) is 0 Å². The molecule has 0 bridgehead atoms. The first kappa shape index (κ1) is 11.4. The molecule has 1 unspecified atom stereocenters. The summed E-state index contributed by atoms with van der Waals surface area (Å²) in [7, 11) is 0. The molecule has 0 amide bonds. The maximum absolute atomic E-state index is 10.3. The zero-order valence-electron chi connectivity index (χ0n) is 7.74. The molecule has 1 aromatic rings. The summed E-state index contributed by atoms with van der Waals surface area (Å²) in [5.74, 6) is -1.03. The highest BCUT2D eigenvalue weighted by Crippen LogP contribution is 1.95. The van der Waals surface area contributed by atoms with Gasteiger partial charge in [-0.3, -0.25) is 0 Å². The first-order valence-electron chi connectivity index (χ1n) is 4.20. The van der Waals surface area contributed by atoms with Crippen molar-refractivity contribution in [3.05, 3.63) is 11.6 Å². The van der Waals surface area contributed by atoms with E-state index in [0.29, 0.717) is 0 Å². The largest absolute Gasteiger partial charge is 0.479 e. The summed E-state index contributed by atoms with van der Waals surface area (Å²) in [5, 5.41) is 40.2. The van der Waals surface area contributed by atoms with Crippen LogP contribution in [-0.4, -0.2) is 54.4 Å². The number of rotatable bonds is 5. The number of aromatic nitrogens is 4. The quantitative estimate of drug-likeness (QED) is 0.503. The van der Waals surface area contributed by atoms with Crippen molar-refractivity contribution in [3.8, 4) is 0 Å². The van der Waals surface area contributed by atoms with Crippen molar-refractivity contribution in [2.45, 2.75) is 18.9 Å². The van der Waals surface area contributed by atoms with Crippen LogP contribution < -0.4 is 0 Å². The number of aliphatic carboxylic acids is 1. The predicted octanol–water partition coefficient (Wildman–Crippen LogP) is -2.21. The highest BCUT2D eigenvalue weighted by atomic mass is 16.4. The van der Waals surface area contributed by atoms with E-state index in [-0.39, 0.29) is 31.1 Å². The summed E-state index contributed by atoms with van der Waals surface area (Å²) in [5.41, 5.74) is 0. The minimum atomic E-state index is -1.56. The lowest BCUT2D eigenvalue weighted by molar-refractivity contribution is -0.146. The van der Waals surface area contributed by atoms with Crippen molar-refractivity contribution in [3.63, 3.8) is 0 Å². The first-order valence-corrected chi connectivity index (χ1v) is 4.20. The van der Waals surface area contributed by atoms with Crippen LogP contribution in [0, 0.1) is 0 Å². The number of aliphatic hydroxyl groups is 2. The summed E-state index contributed by atoms with van der Waals surface area (Å²) < 4.78 is 0. The van der Waals surface area contributed by atoms with Crippen LogP contribution in [0.25, 0.3) is 0 Å². The number of hydrogen-bond donors (Lipinski definition) is 3. The molecule has 0 aliphatic carbocycles. The molecule has 8 heteroatoms. The van der Waals surface area contributed by atoms with Gasteiger partial charge in [0.1, 0.15) is 0 Å². The Morgan fingerprint density at radius 3 is 2.20 bits per heavy atom. The Hall–Kier alpha value is -1.67. The van der Waals surface area contributed by atoms with E-state index >= 15 is 0 Å². The zero-order valence-corrected chi connectivity index (χ0v) is 7.74. The third kappa shape index (κ3) is 3.52. The molecule has 82 valence electrons. The Morgan fingerprint density at radius 1 is 1.20 bits per heavy atom. The second-order valence-electron chi connectivity index (χ2n) is 2.76. The van der Waals surface area contributed by atoms with E-state index in [2.05, 4.69) is 20.4 Å². The van der Waals surface area contributed by atoms with E-state index in [9.17, 15) is 4.79 Å². The third-order valence-corrected chi connectivity index (χ3v) is 1.56. The van der Waals surface area contributed by atoms with Gasteiger partial charge in [-0.1, -0.05) is 0 Å². The molecule has 0 radical (unpaired) electrons. The summed E-state index contributed by atoms with van der Waals surface area (Å²) in [4.78, 5) is 10.3. The van der Waals surface area contributed by atoms with Gasteiger partial charge in [-0.25, -0.2) is 4.79 Å². The number of hydrogen-bond acceptors (Lipinski definition) is 7. The Balaban J connectivity index is 2.60. The SMILES string of the molecule is O=C(O)C(O)Cc1nnc(CCO)nn1. The van der Waals surface area contributed by atoms with Gasteiger partial charge in [0.15, 0.2) is 17.8 Å². The monoisotopic (exact) mass is 214 g/mol. The molecule has 0 saturated carbocycles. The molecule has 15 heavy (non-hydrogen) atoms. The zero-order chi connectivity index (χ0) is 11.3. The molecule has 8 nitrogen and oxygen atoms in total. The van der Waals surface area contributed by atoms with E-state index in [1.807, 2.05) is 0 Å². The summed E-state index contributed by atoms with van der Waals surface area (Å²) in [6.45, 7) is -0.111. The van der Waals surface area contributed by atoms with E-state index < -0.39 is 12.1 Å². The molecular weight excluding hydrogens is 204 g/mol. The van der Waals surface area contributed by atoms with Crippen LogP contribution in [-0.2, 0) is 17.6 Å². The van der Waals surface area contributed by atoms with Crippen molar-refractivity contribution in [2.24, 2.45) is 0 Å². The highest BCUT2D eigenvalue weighted by molar-refractivity contribution is 5.72. The lowest BCUT2D eigenvalue weighted by Gasteiger charge is -2.02. The van der Waals surface area contributed by atoms with Crippen molar-refractivity contribution in [1.29, 1.82) is 0 Å². The van der Waals surface area contributed by atoms with Crippen molar-refractivity contribution in [1.82, 2.24) is 20.4 Å². The first-order chi connectivity index (χ1) is 7.13. The fraction of sp³-hybridized carbons (Fsp3) is 0.571. The van der Waals surface area contributed by atoms with Gasteiger partial charge in [0, 0.05) is 12.8 Å². The van der Waals surface area contributed by atoms with Crippen LogP contribution in [0.15, 0.2) is 0 Å². The van der Waals surface area contributed by atoms with Gasteiger partial charge in [0.05, 0.1) is 6.61 Å². The Kier molecular flexibility index (Phi) is 4.01. The minimum absolute atomic E-state index is 0.0478. The van der Waals surface area contributed by atoms with Gasteiger partial charge < -0.3 is 15.3 Å². The normalized spacial score (nSPS) is 12.4. The summed E-state index contributed by atoms with van der Waals surface area (Å²) in [6, 6.07) is 0. The van der Waals surface area contributed by atoms with Gasteiger partial charge in [-0.05, 0) is 0 Å². The van der Waals surface area contributed by atoms with Crippen LogP contribution in [0.2, 0.25) is 0 Å². The smallest absolute Gasteiger partial charge is 0.332 e. The van der Waals surface area contributed by atoms with Crippen LogP contribution >= 0.6 is 0 Å². The fourth-order valence-corrected chi connectivity index (χ4v) is 0.813. The molecule has 0 spiro atoms. The van der Waals surface area contributed by atoms with E-state index in [1.54, 1.807) is 0 Å². The molecule has 1 atom stereocenters. The average Bonchev–Trinajstić information content (AvgIpc) is 2.21. The van der Waals surface area contributed by atoms with Crippen LogP contribution in [0.4, 0.5) is 0 Å². The van der Waals surface area contributed by atoms with Gasteiger partial charge >= 0.3 is 5.97 Å². The highest BCUT2D eigenvalue weighted by Gasteiger charge is 2.16. The van der Waals surface area contributed by atoms with E-state index in [1.165, 1.54) is 0 Å². The maximum Gasteiger partial charge on any atom is 0.332 e. The number of aliphatic hydroxyl groups excluding tert-OH is 2. The molecule has 1 aromatic heterocycles. The third-order valence-electron chi connectivity index (χ3n) is 1.56. The van der Waals surface area contributed by atoms with E-state index in [0.717, 1.165) is 0 Å². The van der Waals surface area contributed by atoms with Crippen LogP contribution in [0.5, 0.6) is 0 Å². The van der Waals surface area contributed by atoms with Crippen LogP contribution in [0.3, 0.4) is 0 Å². The minimum Gasteiger partial charge on any atom is -0.479 e. The predicted molar refractivity (Wildman–Crippen MR) is 45.8 cm³/mol. The van der Waals surface area contributed by atoms with Crippen LogP contribution in [0.1, 0.15) is 11.6 Å². The maximum atomic E-state index is 10.3. The van der Waals surface area contributed by atoms with Gasteiger partial charge in [0.2, 0.25) is 0 Å². The fourth-order valence-electron chi connectivity index (χ4n) is 0.813. The topological polar surface area (TPSA) is 129 Å². The molecule has 1 heterocycles. The molecule has 0 aliphatic rings. The van der Waals surface area contributed by atoms with Gasteiger partial charge in [0.25, 0.3) is 0 Å². The molecule has 0 aliphatic heterocycles. The molecule has 3 N–H and O–H groups in total. The van der Waals surface area contributed by atoms with Crippen molar-refractivity contribution >= 4 is 5.97 Å². The Labute approximate surface area is 84.6 Å². The van der Waals surface area contributed by atoms with Crippen molar-refractivity contribution in [2.75, 3.05) is 6.61 Å². The van der Waals surface area contributed by atoms with Crippen molar-refractivity contribution < 1.29 is 20.1 Å². The molecular formula is C7H10N4O4. The lowest BCUT2D eigenvalue weighted by Crippen LogP contribution is -2.24. The standard InChI is InChI=1S/C7H10N4O4/c12-2-1-5-8-10-6(11-9-5)3-4(13)7(14)15/h4,12-13H,1-3H2,(H,14,15). The summed E-state index contributed by atoms with van der Waals surface area (Å²) in [6.07, 6.45) is -1.56. The Bertz CT molecular complexity index is 328. The average molecular weight is 214 g/mol. The Morgan fingerprint density at radius 2 is 1.73 bits per heavy atom. The summed E-state index contributed by atoms with van der Waals surface area (Å²) >= 11 is 0. The number of carboxylic acids is 1. The number of carboxylic acid groups (broad SMARTS) is 1. The second kappa shape index (κ2) is 5.27. The molecule has 0 saturated heterocycles. The lowest BCUT2D eigenvalue weighted by atomic mass is 10.2. The van der Waals surface area contributed by atoms with Gasteiger partial charge in [-0.15, -0.1) is 20.4 Å². The number of nitrogens with zero attached hydrogens (tertiary/aromatic N) is 4. The molecule has 0 aromatic carbocycles. The molecule has 1 rings (SSSR count).